The van der Waals surface area contributed by atoms with Crippen LogP contribution in [-0.4, -0.2) is 39.6 Å². The van der Waals surface area contributed by atoms with Crippen molar-refractivity contribution in [1.29, 1.82) is 0 Å². The summed E-state index contributed by atoms with van der Waals surface area (Å²) in [5.74, 6) is -1.15. The number of fused-ring (bicyclic) bond motifs is 3. The maximum Gasteiger partial charge on any atom is 0.308 e. The predicted molar refractivity (Wildman–Crippen MR) is 64.5 cm³/mol. The summed E-state index contributed by atoms with van der Waals surface area (Å²) in [4.78, 5) is 25.4. The Morgan fingerprint density at radius 1 is 1.47 bits per heavy atom. The van der Waals surface area contributed by atoms with E-state index in [9.17, 15) is 14.7 Å². The van der Waals surface area contributed by atoms with Crippen molar-refractivity contribution < 1.29 is 19.2 Å². The molecule has 1 amide bonds. The maximum absolute atomic E-state index is 12.5. The van der Waals surface area contributed by atoms with Crippen LogP contribution in [0.4, 0.5) is 0 Å². The Kier molecular flexibility index (Phi) is 2.80. The smallest absolute Gasteiger partial charge is 0.308 e. The largest absolute Gasteiger partial charge is 0.481 e. The number of aromatic nitrogens is 1. The molecule has 1 saturated carbocycles. The Morgan fingerprint density at radius 2 is 2.26 bits per heavy atom. The maximum atomic E-state index is 12.5. The van der Waals surface area contributed by atoms with E-state index in [0.717, 1.165) is 12.8 Å². The number of rotatable bonds is 2. The van der Waals surface area contributed by atoms with Gasteiger partial charge in [-0.1, -0.05) is 5.16 Å². The van der Waals surface area contributed by atoms with Gasteiger partial charge in [-0.05, 0) is 32.1 Å². The van der Waals surface area contributed by atoms with Gasteiger partial charge in [-0.25, -0.2) is 0 Å². The van der Waals surface area contributed by atoms with E-state index in [4.69, 9.17) is 4.52 Å². The molecule has 3 fully saturated rings. The molecule has 0 spiro atoms. The van der Waals surface area contributed by atoms with E-state index in [1.807, 2.05) is 0 Å². The lowest BCUT2D eigenvalue weighted by Crippen LogP contribution is -2.57. The molecule has 1 aliphatic carbocycles. The Labute approximate surface area is 110 Å². The topological polar surface area (TPSA) is 83.6 Å². The molecule has 0 radical (unpaired) electrons. The zero-order valence-corrected chi connectivity index (χ0v) is 10.7. The fraction of sp³-hybridized carbons (Fsp3) is 0.615. The van der Waals surface area contributed by atoms with Gasteiger partial charge in [0.1, 0.15) is 6.26 Å². The molecule has 4 rings (SSSR count). The molecule has 6 heteroatoms. The molecule has 2 bridgehead atoms. The summed E-state index contributed by atoms with van der Waals surface area (Å²) in [6.07, 6.45) is 3.89. The molecular formula is C13H16N2O4. The van der Waals surface area contributed by atoms with Crippen molar-refractivity contribution in [3.63, 3.8) is 0 Å². The fourth-order valence-corrected chi connectivity index (χ4v) is 3.32. The van der Waals surface area contributed by atoms with E-state index in [1.165, 1.54) is 6.26 Å². The lowest BCUT2D eigenvalue weighted by molar-refractivity contribution is -0.148. The second-order valence-electron chi connectivity index (χ2n) is 5.49. The Hall–Kier alpha value is -1.85. The van der Waals surface area contributed by atoms with Gasteiger partial charge in [-0.15, -0.1) is 0 Å². The summed E-state index contributed by atoms with van der Waals surface area (Å²) in [5, 5.41) is 13.0. The quantitative estimate of drug-likeness (QED) is 0.870. The molecule has 6 nitrogen and oxygen atoms in total. The molecule has 3 atom stereocenters. The third-order valence-electron chi connectivity index (χ3n) is 4.31. The monoisotopic (exact) mass is 264 g/mol. The third-order valence-corrected chi connectivity index (χ3v) is 4.31. The van der Waals surface area contributed by atoms with Crippen LogP contribution in [0, 0.1) is 18.8 Å². The summed E-state index contributed by atoms with van der Waals surface area (Å²) < 4.78 is 4.80. The minimum Gasteiger partial charge on any atom is -0.481 e. The van der Waals surface area contributed by atoms with E-state index in [-0.39, 0.29) is 11.9 Å². The first-order chi connectivity index (χ1) is 9.08. The van der Waals surface area contributed by atoms with Gasteiger partial charge >= 0.3 is 5.97 Å². The Morgan fingerprint density at radius 3 is 2.84 bits per heavy atom. The Balaban J connectivity index is 1.87. The van der Waals surface area contributed by atoms with Crippen LogP contribution in [-0.2, 0) is 4.79 Å². The minimum absolute atomic E-state index is 0.202. The summed E-state index contributed by atoms with van der Waals surface area (Å²) in [6.45, 7) is 2.40. The molecule has 1 N–H and O–H groups in total. The third kappa shape index (κ3) is 1.91. The number of hydrogen-bond donors (Lipinski definition) is 1. The first-order valence-electron chi connectivity index (χ1n) is 6.52. The number of carboxylic acid groups (broad SMARTS) is 1. The average molecular weight is 264 g/mol. The molecule has 19 heavy (non-hydrogen) atoms. The van der Waals surface area contributed by atoms with E-state index in [2.05, 4.69) is 5.16 Å². The number of aliphatic carboxylic acids is 1. The van der Waals surface area contributed by atoms with Crippen molar-refractivity contribution in [2.45, 2.75) is 32.2 Å². The highest BCUT2D eigenvalue weighted by molar-refractivity contribution is 5.94. The predicted octanol–water partition coefficient (Wildman–Crippen LogP) is 1.31. The second-order valence-corrected chi connectivity index (χ2v) is 5.49. The number of piperidine rings is 2. The van der Waals surface area contributed by atoms with E-state index < -0.39 is 11.9 Å². The standard InChI is InChI=1S/C13H16N2O4/c1-7-6-19-14-11(7)12(16)15-5-8-2-3-10(15)9(4-8)13(17)18/h6,8-10H,2-5H2,1H3,(H,17,18). The number of aryl methyl sites for hydroxylation is 1. The van der Waals surface area contributed by atoms with Crippen LogP contribution in [0.25, 0.3) is 0 Å². The fourth-order valence-electron chi connectivity index (χ4n) is 3.32. The van der Waals surface area contributed by atoms with Crippen molar-refractivity contribution in [1.82, 2.24) is 10.1 Å². The van der Waals surface area contributed by atoms with Crippen LogP contribution in [0.2, 0.25) is 0 Å². The lowest BCUT2D eigenvalue weighted by Gasteiger charge is -2.48. The van der Waals surface area contributed by atoms with Crippen molar-refractivity contribution >= 4 is 11.9 Å². The van der Waals surface area contributed by atoms with E-state index in [1.54, 1.807) is 11.8 Å². The molecule has 2 saturated heterocycles. The molecule has 0 aromatic carbocycles. The molecule has 2 aliphatic heterocycles. The average Bonchev–Trinajstić information content (AvgIpc) is 2.84. The second kappa shape index (κ2) is 4.36. The zero-order valence-electron chi connectivity index (χ0n) is 10.7. The normalized spacial score (nSPS) is 29.5. The van der Waals surface area contributed by atoms with Crippen molar-refractivity contribution in [2.75, 3.05) is 6.54 Å². The first kappa shape index (κ1) is 12.2. The summed E-state index contributed by atoms with van der Waals surface area (Å²) in [5.41, 5.74) is 0.995. The van der Waals surface area contributed by atoms with Crippen LogP contribution in [0.15, 0.2) is 10.8 Å². The number of amides is 1. The molecule has 3 unspecified atom stereocenters. The molecule has 3 aliphatic rings. The van der Waals surface area contributed by atoms with Crippen LogP contribution >= 0.6 is 0 Å². The SMILES string of the molecule is Cc1conc1C(=O)N1CC2CCC1C(C(=O)O)C2. The van der Waals surface area contributed by atoms with Gasteiger partial charge in [0.15, 0.2) is 5.69 Å². The summed E-state index contributed by atoms with van der Waals surface area (Å²) >= 11 is 0. The molecule has 1 aromatic heterocycles. The summed E-state index contributed by atoms with van der Waals surface area (Å²) in [6, 6.07) is -0.203. The van der Waals surface area contributed by atoms with Gasteiger partial charge in [0.25, 0.3) is 5.91 Å². The molecule has 102 valence electrons. The van der Waals surface area contributed by atoms with Crippen molar-refractivity contribution in [3.05, 3.63) is 17.5 Å². The molecule has 1 aromatic rings. The van der Waals surface area contributed by atoms with E-state index >= 15 is 0 Å². The summed E-state index contributed by atoms with van der Waals surface area (Å²) in [7, 11) is 0. The van der Waals surface area contributed by atoms with Crippen LogP contribution in [0.5, 0.6) is 0 Å². The lowest BCUT2D eigenvalue weighted by atomic mass is 9.72. The molecular weight excluding hydrogens is 248 g/mol. The van der Waals surface area contributed by atoms with Crippen molar-refractivity contribution in [3.8, 4) is 0 Å². The number of nitrogens with zero attached hydrogens (tertiary/aromatic N) is 2. The zero-order chi connectivity index (χ0) is 13.6. The highest BCUT2D eigenvalue weighted by Gasteiger charge is 2.46. The van der Waals surface area contributed by atoms with Gasteiger partial charge in [0.2, 0.25) is 0 Å². The number of carbonyl (C=O) groups excluding carboxylic acids is 1. The first-order valence-corrected chi connectivity index (χ1v) is 6.52. The van der Waals surface area contributed by atoms with Crippen LogP contribution < -0.4 is 0 Å². The van der Waals surface area contributed by atoms with Gasteiger partial charge in [0, 0.05) is 18.2 Å². The molecule has 3 heterocycles. The highest BCUT2D eigenvalue weighted by atomic mass is 16.5. The highest BCUT2D eigenvalue weighted by Crippen LogP contribution is 2.39. The Bertz CT molecular complexity index is 524. The number of carboxylic acids is 1. The van der Waals surface area contributed by atoms with Gasteiger partial charge < -0.3 is 14.5 Å². The number of carbonyl (C=O) groups is 2. The van der Waals surface area contributed by atoms with Gasteiger partial charge in [-0.2, -0.15) is 0 Å². The van der Waals surface area contributed by atoms with Crippen LogP contribution in [0.3, 0.4) is 0 Å². The van der Waals surface area contributed by atoms with Crippen molar-refractivity contribution in [2.24, 2.45) is 11.8 Å². The van der Waals surface area contributed by atoms with Crippen LogP contribution in [0.1, 0.15) is 35.3 Å². The number of hydrogen-bond acceptors (Lipinski definition) is 4. The minimum atomic E-state index is -0.802. The van der Waals surface area contributed by atoms with Gasteiger partial charge in [0.05, 0.1) is 5.92 Å². The van der Waals surface area contributed by atoms with Gasteiger partial charge in [-0.3, -0.25) is 9.59 Å². The van der Waals surface area contributed by atoms with E-state index in [0.29, 0.717) is 30.1 Å².